The molecule has 0 amide bonds. The average molecular weight is 448 g/mol. The van der Waals surface area contributed by atoms with E-state index in [0.29, 0.717) is 46.3 Å². The van der Waals surface area contributed by atoms with Crippen molar-refractivity contribution in [1.29, 1.82) is 0 Å². The second-order valence-corrected chi connectivity index (χ2v) is 6.82. The number of nitrogens with zero attached hydrogens (tertiary/aromatic N) is 3. The van der Waals surface area contributed by atoms with Crippen LogP contribution in [0, 0.1) is 0 Å². The number of benzene rings is 2. The van der Waals surface area contributed by atoms with E-state index in [4.69, 9.17) is 18.9 Å². The molecule has 0 aliphatic carbocycles. The second kappa shape index (κ2) is 9.77. The van der Waals surface area contributed by atoms with Crippen molar-refractivity contribution in [2.45, 2.75) is 0 Å². The summed E-state index contributed by atoms with van der Waals surface area (Å²) in [6, 6.07) is 14.7. The van der Waals surface area contributed by atoms with Gasteiger partial charge in [0.25, 0.3) is 0 Å². The molecule has 4 aromatic rings. The van der Waals surface area contributed by atoms with Crippen molar-refractivity contribution in [3.63, 3.8) is 0 Å². The Morgan fingerprint density at radius 3 is 2.24 bits per heavy atom. The third-order valence-corrected chi connectivity index (χ3v) is 4.82. The summed E-state index contributed by atoms with van der Waals surface area (Å²) >= 11 is 0. The van der Waals surface area contributed by atoms with Crippen LogP contribution in [0.25, 0.3) is 11.4 Å². The zero-order valence-electron chi connectivity index (χ0n) is 18.7. The van der Waals surface area contributed by atoms with Gasteiger partial charge in [0.05, 0.1) is 39.7 Å². The van der Waals surface area contributed by atoms with Gasteiger partial charge in [-0.05, 0) is 24.3 Å². The summed E-state index contributed by atoms with van der Waals surface area (Å²) in [6.45, 7) is 0. The smallest absolute Gasteiger partial charge is 0.246 e. The molecule has 4 rings (SSSR count). The van der Waals surface area contributed by atoms with Crippen molar-refractivity contribution < 1.29 is 18.9 Å². The number of nitrogens with one attached hydrogen (secondary N) is 3. The van der Waals surface area contributed by atoms with Crippen LogP contribution in [0.15, 0.2) is 54.7 Å². The average Bonchev–Trinajstić information content (AvgIpc) is 3.32. The monoisotopic (exact) mass is 448 g/mol. The first kappa shape index (κ1) is 21.8. The SMILES string of the molecule is COc1cc(Nc2ncccc2-c2nc(Nc3ccc(OC)cc3OC)n[nH]2)cc(OC)c1. The van der Waals surface area contributed by atoms with Crippen LogP contribution in [0.5, 0.6) is 23.0 Å². The minimum absolute atomic E-state index is 0.381. The van der Waals surface area contributed by atoms with E-state index >= 15 is 0 Å². The van der Waals surface area contributed by atoms with E-state index in [2.05, 4.69) is 30.8 Å². The first-order valence-electron chi connectivity index (χ1n) is 10.0. The molecule has 0 fully saturated rings. The molecule has 10 heteroatoms. The Morgan fingerprint density at radius 2 is 1.55 bits per heavy atom. The van der Waals surface area contributed by atoms with Gasteiger partial charge in [0, 0.05) is 36.1 Å². The van der Waals surface area contributed by atoms with Gasteiger partial charge in [0.1, 0.15) is 28.8 Å². The number of aromatic amines is 1. The molecule has 0 unspecified atom stereocenters. The van der Waals surface area contributed by atoms with Gasteiger partial charge in [-0.25, -0.2) is 4.98 Å². The number of hydrogen-bond acceptors (Lipinski definition) is 9. The predicted molar refractivity (Wildman–Crippen MR) is 125 cm³/mol. The van der Waals surface area contributed by atoms with Crippen LogP contribution in [-0.2, 0) is 0 Å². The third kappa shape index (κ3) is 4.90. The molecule has 0 saturated heterocycles. The van der Waals surface area contributed by atoms with Crippen molar-refractivity contribution in [3.8, 4) is 34.4 Å². The van der Waals surface area contributed by atoms with Crippen LogP contribution in [0.2, 0.25) is 0 Å². The van der Waals surface area contributed by atoms with Crippen LogP contribution < -0.4 is 29.6 Å². The summed E-state index contributed by atoms with van der Waals surface area (Å²) in [6.07, 6.45) is 1.70. The normalized spacial score (nSPS) is 10.4. The summed E-state index contributed by atoms with van der Waals surface area (Å²) < 4.78 is 21.4. The lowest BCUT2D eigenvalue weighted by atomic mass is 10.2. The number of anilines is 4. The van der Waals surface area contributed by atoms with Crippen molar-refractivity contribution in [2.24, 2.45) is 0 Å². The van der Waals surface area contributed by atoms with Gasteiger partial charge >= 0.3 is 0 Å². The third-order valence-electron chi connectivity index (χ3n) is 4.82. The van der Waals surface area contributed by atoms with Crippen LogP contribution >= 0.6 is 0 Å². The molecule has 0 aliphatic heterocycles. The first-order valence-corrected chi connectivity index (χ1v) is 10.0. The molecule has 2 aromatic heterocycles. The number of H-pyrrole nitrogens is 1. The lowest BCUT2D eigenvalue weighted by molar-refractivity contribution is 0.394. The highest BCUT2D eigenvalue weighted by Crippen LogP contribution is 2.33. The van der Waals surface area contributed by atoms with Crippen LogP contribution in [0.3, 0.4) is 0 Å². The first-order chi connectivity index (χ1) is 16.1. The Bertz CT molecular complexity index is 1220. The quantitative estimate of drug-likeness (QED) is 0.343. The molecule has 33 heavy (non-hydrogen) atoms. The van der Waals surface area contributed by atoms with Gasteiger partial charge in [-0.1, -0.05) is 0 Å². The van der Waals surface area contributed by atoms with E-state index in [1.807, 2.05) is 36.4 Å². The number of ether oxygens (including phenoxy) is 4. The van der Waals surface area contributed by atoms with Crippen molar-refractivity contribution in [1.82, 2.24) is 20.2 Å². The van der Waals surface area contributed by atoms with Crippen molar-refractivity contribution in [3.05, 3.63) is 54.7 Å². The Morgan fingerprint density at radius 1 is 0.788 bits per heavy atom. The fraction of sp³-hybridized carbons (Fsp3) is 0.174. The number of pyridine rings is 1. The molecule has 170 valence electrons. The van der Waals surface area contributed by atoms with Gasteiger partial charge in [-0.3, -0.25) is 5.10 Å². The van der Waals surface area contributed by atoms with E-state index in [1.54, 1.807) is 46.8 Å². The molecule has 0 saturated carbocycles. The standard InChI is InChI=1S/C23H24N6O4/c1-30-15-7-8-19(20(13-15)33-4)26-23-27-22(28-29-23)18-6-5-9-24-21(18)25-14-10-16(31-2)12-17(11-14)32-3/h5-13H,1-4H3,(H,24,25)(H2,26,27,28,29). The molecule has 0 atom stereocenters. The summed E-state index contributed by atoms with van der Waals surface area (Å²) in [5.41, 5.74) is 2.20. The highest BCUT2D eigenvalue weighted by Gasteiger charge is 2.14. The maximum atomic E-state index is 5.43. The minimum atomic E-state index is 0.381. The van der Waals surface area contributed by atoms with Gasteiger partial charge in [-0.15, -0.1) is 5.10 Å². The Kier molecular flexibility index (Phi) is 6.44. The summed E-state index contributed by atoms with van der Waals surface area (Å²) in [4.78, 5) is 9.04. The van der Waals surface area contributed by atoms with E-state index < -0.39 is 0 Å². The maximum Gasteiger partial charge on any atom is 0.246 e. The number of hydrogen-bond donors (Lipinski definition) is 3. The van der Waals surface area contributed by atoms with E-state index in [0.717, 1.165) is 11.3 Å². The van der Waals surface area contributed by atoms with E-state index in [9.17, 15) is 0 Å². The molecule has 0 spiro atoms. The highest BCUT2D eigenvalue weighted by atomic mass is 16.5. The minimum Gasteiger partial charge on any atom is -0.497 e. The van der Waals surface area contributed by atoms with Crippen LogP contribution in [0.1, 0.15) is 0 Å². The topological polar surface area (TPSA) is 115 Å². The molecule has 10 nitrogen and oxygen atoms in total. The molecule has 0 bridgehead atoms. The zero-order valence-corrected chi connectivity index (χ0v) is 18.7. The van der Waals surface area contributed by atoms with Crippen molar-refractivity contribution in [2.75, 3.05) is 39.1 Å². The lowest BCUT2D eigenvalue weighted by Gasteiger charge is -2.12. The van der Waals surface area contributed by atoms with Gasteiger partial charge in [0.15, 0.2) is 5.82 Å². The second-order valence-electron chi connectivity index (χ2n) is 6.82. The highest BCUT2D eigenvalue weighted by molar-refractivity contribution is 5.76. The largest absolute Gasteiger partial charge is 0.497 e. The summed E-state index contributed by atoms with van der Waals surface area (Å²) in [7, 11) is 6.40. The molecule has 2 aromatic carbocycles. The fourth-order valence-corrected chi connectivity index (χ4v) is 3.17. The molecule has 0 radical (unpaired) electrons. The Hall–Kier alpha value is -4.47. The summed E-state index contributed by atoms with van der Waals surface area (Å²) in [5.74, 6) is 4.13. The predicted octanol–water partition coefficient (Wildman–Crippen LogP) is 4.39. The van der Waals surface area contributed by atoms with Gasteiger partial charge in [-0.2, -0.15) is 4.98 Å². The van der Waals surface area contributed by atoms with Gasteiger partial charge in [0.2, 0.25) is 5.95 Å². The fourth-order valence-electron chi connectivity index (χ4n) is 3.17. The molecular formula is C23H24N6O4. The summed E-state index contributed by atoms with van der Waals surface area (Å²) in [5, 5.41) is 13.7. The number of methoxy groups -OCH3 is 4. The van der Waals surface area contributed by atoms with E-state index in [1.165, 1.54) is 0 Å². The molecule has 2 heterocycles. The maximum absolute atomic E-state index is 5.43. The molecule has 0 aliphatic rings. The Balaban J connectivity index is 1.60. The Labute approximate surface area is 190 Å². The number of aromatic nitrogens is 4. The van der Waals surface area contributed by atoms with E-state index in [-0.39, 0.29) is 0 Å². The number of rotatable bonds is 9. The molecule has 3 N–H and O–H groups in total. The van der Waals surface area contributed by atoms with Crippen LogP contribution in [0.4, 0.5) is 23.1 Å². The van der Waals surface area contributed by atoms with Gasteiger partial charge < -0.3 is 29.6 Å². The van der Waals surface area contributed by atoms with Crippen molar-refractivity contribution >= 4 is 23.1 Å². The van der Waals surface area contributed by atoms with Crippen LogP contribution in [-0.4, -0.2) is 48.6 Å². The molecular weight excluding hydrogens is 424 g/mol. The zero-order chi connectivity index (χ0) is 23.2. The lowest BCUT2D eigenvalue weighted by Crippen LogP contribution is -1.99.